The topological polar surface area (TPSA) is 83.7 Å². The minimum absolute atomic E-state index is 0.228. The van der Waals surface area contributed by atoms with Gasteiger partial charge in [0.15, 0.2) is 5.76 Å². The van der Waals surface area contributed by atoms with Crippen LogP contribution in [0.25, 0.3) is 11.3 Å². The lowest BCUT2D eigenvalue weighted by atomic mass is 9.81. The molecule has 2 aromatic rings. The summed E-state index contributed by atoms with van der Waals surface area (Å²) in [5.74, 6) is 0.210. The van der Waals surface area contributed by atoms with Crippen molar-refractivity contribution in [3.05, 3.63) is 88.7 Å². The monoisotopic (exact) mass is 450 g/mol. The number of fused-ring (bicyclic) bond motifs is 2. The Balaban J connectivity index is 1.69. The summed E-state index contributed by atoms with van der Waals surface area (Å²) < 4.78 is 17.6. The molecule has 32 heavy (non-hydrogen) atoms. The Morgan fingerprint density at radius 1 is 1.19 bits per heavy atom. The number of rotatable bonds is 3. The number of pyridine rings is 1. The number of nitrogens with two attached hydrogens (primary N) is 1. The van der Waals surface area contributed by atoms with E-state index >= 15 is 0 Å². The van der Waals surface area contributed by atoms with Crippen LogP contribution in [0.2, 0.25) is 0 Å². The first-order valence-electron chi connectivity index (χ1n) is 10.3. The predicted molar refractivity (Wildman–Crippen MR) is 121 cm³/mol. The third kappa shape index (κ3) is 2.69. The van der Waals surface area contributed by atoms with Crippen LogP contribution in [0.5, 0.6) is 0 Å². The molecule has 0 amide bonds. The summed E-state index contributed by atoms with van der Waals surface area (Å²) in [5, 5.41) is 0. The number of allylic oxidation sites excluding steroid dienone is 2. The number of halogens is 1. The Hall–Kier alpha value is -3.09. The number of carbonyl (C=O) groups excluding carboxylic acids is 1. The van der Waals surface area contributed by atoms with Gasteiger partial charge in [-0.3, -0.25) is 4.79 Å². The molecule has 3 aliphatic rings. The van der Waals surface area contributed by atoms with E-state index in [0.29, 0.717) is 12.1 Å². The largest absolute Gasteiger partial charge is 0.494 e. The first-order chi connectivity index (χ1) is 15.3. The second-order valence-corrected chi connectivity index (χ2v) is 9.01. The highest BCUT2D eigenvalue weighted by molar-refractivity contribution is 6.28. The standard InChI is InChI=1S/C25H23ClN2O4/c1-24(26)22-17(19(30-2)18(27)23(24)31-3)21(29)25(32-22)13-7-10-15-11-12-16(28-20(15)25)14-8-5-4-6-9-14/h4-9,11-13,23H,10,27H2,1-3H3/t23?,24?,25-/m0/s1. The van der Waals surface area contributed by atoms with Crippen molar-refractivity contribution in [2.45, 2.75) is 29.9 Å². The Labute approximate surface area is 191 Å². The molecule has 1 aliphatic heterocycles. The molecule has 3 atom stereocenters. The molecule has 164 valence electrons. The normalized spacial score (nSPS) is 28.6. The van der Waals surface area contributed by atoms with E-state index in [2.05, 4.69) is 0 Å². The second-order valence-electron chi connectivity index (χ2n) is 8.23. The maximum Gasteiger partial charge on any atom is 0.231 e. The van der Waals surface area contributed by atoms with E-state index in [-0.39, 0.29) is 28.6 Å². The lowest BCUT2D eigenvalue weighted by Crippen LogP contribution is -2.45. The molecule has 7 heteroatoms. The Kier molecular flexibility index (Phi) is 4.69. The van der Waals surface area contributed by atoms with E-state index in [4.69, 9.17) is 36.5 Å². The number of alkyl halides is 1. The molecule has 0 saturated carbocycles. The molecule has 5 rings (SSSR count). The Morgan fingerprint density at radius 2 is 1.94 bits per heavy atom. The number of ether oxygens (including phenoxy) is 3. The van der Waals surface area contributed by atoms with Crippen LogP contribution in [0, 0.1) is 0 Å². The quantitative estimate of drug-likeness (QED) is 0.566. The first kappa shape index (κ1) is 20.8. The Bertz CT molecular complexity index is 1220. The van der Waals surface area contributed by atoms with E-state index < -0.39 is 16.6 Å². The van der Waals surface area contributed by atoms with E-state index in [1.165, 1.54) is 14.2 Å². The summed E-state index contributed by atoms with van der Waals surface area (Å²) in [6.07, 6.45) is 3.60. The minimum Gasteiger partial charge on any atom is -0.494 e. The maximum absolute atomic E-state index is 14.0. The average Bonchev–Trinajstić information content (AvgIpc) is 3.09. The van der Waals surface area contributed by atoms with E-state index in [1.54, 1.807) is 13.0 Å². The molecule has 2 N–H and O–H groups in total. The van der Waals surface area contributed by atoms with Gasteiger partial charge in [0.2, 0.25) is 11.4 Å². The van der Waals surface area contributed by atoms with Crippen molar-refractivity contribution < 1.29 is 19.0 Å². The molecule has 2 aliphatic carbocycles. The predicted octanol–water partition coefficient (Wildman–Crippen LogP) is 3.75. The summed E-state index contributed by atoms with van der Waals surface area (Å²) in [5.41, 5.74) is 8.54. The van der Waals surface area contributed by atoms with E-state index in [1.807, 2.05) is 48.5 Å². The molecule has 1 aromatic heterocycles. The highest BCUT2D eigenvalue weighted by Crippen LogP contribution is 2.53. The van der Waals surface area contributed by atoms with Crippen molar-refractivity contribution in [3.63, 3.8) is 0 Å². The molecule has 0 bridgehead atoms. The number of hydrogen-bond donors (Lipinski definition) is 1. The average molecular weight is 451 g/mol. The molecule has 1 spiro atoms. The van der Waals surface area contributed by atoms with Crippen LogP contribution in [0.4, 0.5) is 0 Å². The van der Waals surface area contributed by atoms with E-state index in [0.717, 1.165) is 16.8 Å². The van der Waals surface area contributed by atoms with Crippen molar-refractivity contribution in [3.8, 4) is 11.3 Å². The number of aromatic nitrogens is 1. The molecule has 0 radical (unpaired) electrons. The fourth-order valence-electron chi connectivity index (χ4n) is 4.78. The minimum atomic E-state index is -1.44. The fourth-order valence-corrected chi connectivity index (χ4v) is 5.12. The van der Waals surface area contributed by atoms with Gasteiger partial charge in [-0.05, 0) is 31.1 Å². The summed E-state index contributed by atoms with van der Waals surface area (Å²) >= 11 is 6.90. The zero-order chi connectivity index (χ0) is 22.7. The Morgan fingerprint density at radius 3 is 2.62 bits per heavy atom. The number of carbonyl (C=O) groups is 1. The van der Waals surface area contributed by atoms with Gasteiger partial charge in [0.05, 0.1) is 18.5 Å². The number of ketones is 1. The number of Topliss-reactive ketones (excluding diaryl/α,β-unsaturated/α-hetero) is 1. The van der Waals surface area contributed by atoms with Crippen molar-refractivity contribution >= 4 is 17.4 Å². The van der Waals surface area contributed by atoms with Gasteiger partial charge in [-0.1, -0.05) is 42.5 Å². The third-order valence-corrected chi connectivity index (χ3v) is 6.66. The van der Waals surface area contributed by atoms with Gasteiger partial charge in [0.25, 0.3) is 0 Å². The molecule has 1 aromatic carbocycles. The van der Waals surface area contributed by atoms with Crippen LogP contribution in [-0.4, -0.2) is 36.0 Å². The van der Waals surface area contributed by atoms with Crippen LogP contribution in [0.1, 0.15) is 18.2 Å². The SMILES string of the molecule is COC1=C(N)C(OC)C(C)(Cl)C2=C1C(=O)[C@@]1(C=CCc3ccc(-c4ccccc4)nc31)O2. The summed E-state index contributed by atoms with van der Waals surface area (Å²) in [4.78, 5) is 17.7. The highest BCUT2D eigenvalue weighted by Gasteiger charge is 2.61. The van der Waals surface area contributed by atoms with E-state index in [9.17, 15) is 4.79 Å². The zero-order valence-electron chi connectivity index (χ0n) is 18.0. The first-order valence-corrected chi connectivity index (χ1v) is 10.7. The van der Waals surface area contributed by atoms with Crippen LogP contribution in [0.3, 0.4) is 0 Å². The van der Waals surface area contributed by atoms with Gasteiger partial charge < -0.3 is 19.9 Å². The van der Waals surface area contributed by atoms with Gasteiger partial charge >= 0.3 is 0 Å². The van der Waals surface area contributed by atoms with Crippen LogP contribution in [0.15, 0.2) is 77.4 Å². The van der Waals surface area contributed by atoms with Crippen LogP contribution >= 0.6 is 11.6 Å². The van der Waals surface area contributed by atoms with Gasteiger partial charge in [-0.25, -0.2) is 4.98 Å². The van der Waals surface area contributed by atoms with Crippen molar-refractivity contribution in [1.29, 1.82) is 0 Å². The second kappa shape index (κ2) is 7.22. The van der Waals surface area contributed by atoms with Crippen molar-refractivity contribution in [1.82, 2.24) is 4.98 Å². The molecular weight excluding hydrogens is 428 g/mol. The number of hydrogen-bond acceptors (Lipinski definition) is 6. The van der Waals surface area contributed by atoms with Gasteiger partial charge in [-0.15, -0.1) is 11.6 Å². The fraction of sp³-hybridized carbons (Fsp3) is 0.280. The van der Waals surface area contributed by atoms with Crippen LogP contribution in [-0.2, 0) is 31.0 Å². The number of methoxy groups -OCH3 is 2. The lowest BCUT2D eigenvalue weighted by Gasteiger charge is -2.37. The third-order valence-electron chi connectivity index (χ3n) is 6.29. The van der Waals surface area contributed by atoms with Crippen molar-refractivity contribution in [2.24, 2.45) is 5.73 Å². The van der Waals surface area contributed by atoms with Crippen molar-refractivity contribution in [2.75, 3.05) is 14.2 Å². The van der Waals surface area contributed by atoms with Gasteiger partial charge in [0.1, 0.15) is 28.0 Å². The summed E-state index contributed by atoms with van der Waals surface area (Å²) in [6, 6.07) is 13.8. The molecule has 0 fully saturated rings. The summed E-state index contributed by atoms with van der Waals surface area (Å²) in [6.45, 7) is 1.73. The zero-order valence-corrected chi connectivity index (χ0v) is 18.8. The maximum atomic E-state index is 14.0. The number of nitrogens with zero attached hydrogens (tertiary/aromatic N) is 1. The van der Waals surface area contributed by atoms with Gasteiger partial charge in [0, 0.05) is 12.7 Å². The molecule has 2 heterocycles. The summed E-state index contributed by atoms with van der Waals surface area (Å²) in [7, 11) is 2.97. The molecule has 6 nitrogen and oxygen atoms in total. The molecule has 2 unspecified atom stereocenters. The van der Waals surface area contributed by atoms with Gasteiger partial charge in [-0.2, -0.15) is 0 Å². The number of benzene rings is 1. The molecule has 0 saturated heterocycles. The van der Waals surface area contributed by atoms with Crippen LogP contribution < -0.4 is 5.73 Å². The molecular formula is C25H23ClN2O4. The smallest absolute Gasteiger partial charge is 0.231 e. The highest BCUT2D eigenvalue weighted by atomic mass is 35.5. The lowest BCUT2D eigenvalue weighted by molar-refractivity contribution is -0.128.